The summed E-state index contributed by atoms with van der Waals surface area (Å²) in [7, 11) is 1.35. The van der Waals surface area contributed by atoms with Crippen LogP contribution >= 0.6 is 0 Å². The molecule has 2 aromatic carbocycles. The SMILES string of the molecule is COc1ccc(C=Nc2cccc(N(C)S(C)(=O)=O)c2)cc1OC. The number of benzene rings is 2. The van der Waals surface area contributed by atoms with Crippen molar-refractivity contribution in [1.29, 1.82) is 0 Å². The molecular formula is C17H20N2O4S. The second-order valence-electron chi connectivity index (χ2n) is 5.12. The second-order valence-corrected chi connectivity index (χ2v) is 7.14. The van der Waals surface area contributed by atoms with Crippen LogP contribution in [0.1, 0.15) is 5.56 Å². The van der Waals surface area contributed by atoms with Crippen LogP contribution in [0.5, 0.6) is 11.5 Å². The number of ether oxygens (including phenoxy) is 2. The van der Waals surface area contributed by atoms with E-state index in [1.54, 1.807) is 50.8 Å². The molecule has 2 aromatic rings. The molecule has 2 rings (SSSR count). The molecule has 0 heterocycles. The summed E-state index contributed by atoms with van der Waals surface area (Å²) in [6, 6.07) is 12.5. The average Bonchev–Trinajstić information content (AvgIpc) is 2.58. The van der Waals surface area contributed by atoms with Crippen molar-refractivity contribution < 1.29 is 17.9 Å². The zero-order valence-electron chi connectivity index (χ0n) is 14.1. The summed E-state index contributed by atoms with van der Waals surface area (Å²) in [5, 5.41) is 0. The van der Waals surface area contributed by atoms with E-state index in [4.69, 9.17) is 9.47 Å². The van der Waals surface area contributed by atoms with Crippen LogP contribution in [0.2, 0.25) is 0 Å². The summed E-state index contributed by atoms with van der Waals surface area (Å²) in [6.07, 6.45) is 2.84. The number of hydrogen-bond donors (Lipinski definition) is 0. The monoisotopic (exact) mass is 348 g/mol. The highest BCUT2D eigenvalue weighted by Gasteiger charge is 2.11. The highest BCUT2D eigenvalue weighted by molar-refractivity contribution is 7.92. The van der Waals surface area contributed by atoms with Gasteiger partial charge in [-0.2, -0.15) is 0 Å². The quantitative estimate of drug-likeness (QED) is 0.753. The average molecular weight is 348 g/mol. The van der Waals surface area contributed by atoms with Crippen LogP contribution < -0.4 is 13.8 Å². The van der Waals surface area contributed by atoms with E-state index in [9.17, 15) is 8.42 Å². The predicted molar refractivity (Wildman–Crippen MR) is 96.5 cm³/mol. The zero-order valence-corrected chi connectivity index (χ0v) is 14.9. The van der Waals surface area contributed by atoms with E-state index in [0.29, 0.717) is 22.9 Å². The fourth-order valence-electron chi connectivity index (χ4n) is 2.04. The molecular weight excluding hydrogens is 328 g/mol. The molecule has 0 N–H and O–H groups in total. The van der Waals surface area contributed by atoms with Crippen LogP contribution in [0.15, 0.2) is 47.5 Å². The van der Waals surface area contributed by atoms with Crippen LogP contribution in [-0.2, 0) is 10.0 Å². The normalized spacial score (nSPS) is 11.5. The molecule has 0 aliphatic heterocycles. The molecule has 0 fully saturated rings. The minimum atomic E-state index is -3.31. The Labute approximate surface area is 142 Å². The first-order valence-corrected chi connectivity index (χ1v) is 9.00. The van der Waals surface area contributed by atoms with Crippen LogP contribution in [0, 0.1) is 0 Å². The van der Waals surface area contributed by atoms with Gasteiger partial charge in [0.1, 0.15) is 0 Å². The highest BCUT2D eigenvalue weighted by atomic mass is 32.2. The number of anilines is 1. The van der Waals surface area contributed by atoms with E-state index in [-0.39, 0.29) is 0 Å². The van der Waals surface area contributed by atoms with Crippen LogP contribution in [0.4, 0.5) is 11.4 Å². The van der Waals surface area contributed by atoms with Crippen molar-refractivity contribution in [2.45, 2.75) is 0 Å². The molecule has 128 valence electrons. The summed E-state index contributed by atoms with van der Waals surface area (Å²) in [6.45, 7) is 0. The van der Waals surface area contributed by atoms with E-state index >= 15 is 0 Å². The third-order valence-electron chi connectivity index (χ3n) is 3.46. The van der Waals surface area contributed by atoms with E-state index in [2.05, 4.69) is 4.99 Å². The number of sulfonamides is 1. The van der Waals surface area contributed by atoms with Gasteiger partial charge in [0.25, 0.3) is 0 Å². The number of rotatable bonds is 6. The first kappa shape index (κ1) is 17.8. The Morgan fingerprint density at radius 3 is 2.38 bits per heavy atom. The van der Waals surface area contributed by atoms with Crippen molar-refractivity contribution in [2.24, 2.45) is 4.99 Å². The molecule has 0 spiro atoms. The Morgan fingerprint density at radius 1 is 1.04 bits per heavy atom. The molecule has 6 nitrogen and oxygen atoms in total. The first-order valence-electron chi connectivity index (χ1n) is 7.15. The standard InChI is InChI=1S/C17H20N2O4S/c1-19(24(4,20)21)15-7-5-6-14(11-15)18-12-13-8-9-16(22-2)17(10-13)23-3/h5-12H,1-4H3. The van der Waals surface area contributed by atoms with Crippen molar-refractivity contribution >= 4 is 27.6 Å². The van der Waals surface area contributed by atoms with Gasteiger partial charge in [-0.05, 0) is 42.0 Å². The number of methoxy groups -OCH3 is 2. The number of nitrogens with zero attached hydrogens (tertiary/aromatic N) is 2. The summed E-state index contributed by atoms with van der Waals surface area (Å²) in [5.41, 5.74) is 2.05. The fourth-order valence-corrected chi connectivity index (χ4v) is 2.54. The number of aliphatic imine (C=N–C) groups is 1. The Bertz CT molecular complexity index is 847. The molecule has 24 heavy (non-hydrogen) atoms. The van der Waals surface area contributed by atoms with E-state index in [1.807, 2.05) is 12.1 Å². The lowest BCUT2D eigenvalue weighted by Crippen LogP contribution is -2.24. The zero-order chi connectivity index (χ0) is 17.7. The lowest BCUT2D eigenvalue weighted by Gasteiger charge is -2.16. The first-order chi connectivity index (χ1) is 11.3. The maximum atomic E-state index is 11.6. The van der Waals surface area contributed by atoms with Gasteiger partial charge in [0.15, 0.2) is 11.5 Å². The van der Waals surface area contributed by atoms with Crippen molar-refractivity contribution in [1.82, 2.24) is 0 Å². The Kier molecular flexibility index (Phi) is 5.46. The summed E-state index contributed by atoms with van der Waals surface area (Å²) in [5.74, 6) is 1.26. The van der Waals surface area contributed by atoms with E-state index < -0.39 is 10.0 Å². The summed E-state index contributed by atoms with van der Waals surface area (Å²) < 4.78 is 34.9. The molecule has 0 atom stereocenters. The topological polar surface area (TPSA) is 68.2 Å². The maximum Gasteiger partial charge on any atom is 0.231 e. The molecule has 0 saturated carbocycles. The molecule has 7 heteroatoms. The molecule has 0 unspecified atom stereocenters. The van der Waals surface area contributed by atoms with Gasteiger partial charge in [-0.1, -0.05) is 6.07 Å². The van der Waals surface area contributed by atoms with Crippen LogP contribution in [0.3, 0.4) is 0 Å². The third kappa shape index (κ3) is 4.26. The molecule has 0 aliphatic rings. The Morgan fingerprint density at radius 2 is 1.75 bits per heavy atom. The van der Waals surface area contributed by atoms with Gasteiger partial charge in [0.05, 0.1) is 31.9 Å². The largest absolute Gasteiger partial charge is 0.493 e. The smallest absolute Gasteiger partial charge is 0.231 e. The predicted octanol–water partition coefficient (Wildman–Crippen LogP) is 2.85. The molecule has 0 bridgehead atoms. The van der Waals surface area contributed by atoms with Crippen molar-refractivity contribution in [3.05, 3.63) is 48.0 Å². The highest BCUT2D eigenvalue weighted by Crippen LogP contribution is 2.27. The Balaban J connectivity index is 2.27. The van der Waals surface area contributed by atoms with Gasteiger partial charge in [-0.3, -0.25) is 9.30 Å². The molecule has 0 aliphatic carbocycles. The van der Waals surface area contributed by atoms with Gasteiger partial charge in [0, 0.05) is 13.3 Å². The van der Waals surface area contributed by atoms with E-state index in [1.165, 1.54) is 11.4 Å². The maximum absolute atomic E-state index is 11.6. The molecule has 0 aromatic heterocycles. The molecule has 0 amide bonds. The minimum Gasteiger partial charge on any atom is -0.493 e. The van der Waals surface area contributed by atoms with Crippen molar-refractivity contribution in [3.8, 4) is 11.5 Å². The number of hydrogen-bond acceptors (Lipinski definition) is 5. The molecule has 0 radical (unpaired) electrons. The Hall–Kier alpha value is -2.54. The summed E-state index contributed by atoms with van der Waals surface area (Å²) in [4.78, 5) is 4.39. The van der Waals surface area contributed by atoms with Crippen LogP contribution in [0.25, 0.3) is 0 Å². The van der Waals surface area contributed by atoms with Crippen molar-refractivity contribution in [3.63, 3.8) is 0 Å². The van der Waals surface area contributed by atoms with Gasteiger partial charge in [0.2, 0.25) is 10.0 Å². The third-order valence-corrected chi connectivity index (χ3v) is 4.67. The molecule has 0 saturated heterocycles. The lowest BCUT2D eigenvalue weighted by atomic mass is 10.2. The minimum absolute atomic E-state index is 0.555. The summed E-state index contributed by atoms with van der Waals surface area (Å²) >= 11 is 0. The van der Waals surface area contributed by atoms with Crippen LogP contribution in [-0.4, -0.2) is 42.2 Å². The fraction of sp³-hybridized carbons (Fsp3) is 0.235. The van der Waals surface area contributed by atoms with E-state index in [0.717, 1.165) is 11.8 Å². The van der Waals surface area contributed by atoms with Gasteiger partial charge in [-0.25, -0.2) is 8.42 Å². The van der Waals surface area contributed by atoms with Gasteiger partial charge >= 0.3 is 0 Å². The van der Waals surface area contributed by atoms with Gasteiger partial charge in [-0.15, -0.1) is 0 Å². The van der Waals surface area contributed by atoms with Gasteiger partial charge < -0.3 is 9.47 Å². The van der Waals surface area contributed by atoms with Crippen molar-refractivity contribution in [2.75, 3.05) is 31.8 Å². The second kappa shape index (κ2) is 7.35. The lowest BCUT2D eigenvalue weighted by molar-refractivity contribution is 0.355.